The van der Waals surface area contributed by atoms with Crippen molar-refractivity contribution in [1.82, 2.24) is 5.32 Å². The Bertz CT molecular complexity index is 480. The van der Waals surface area contributed by atoms with E-state index in [9.17, 15) is 9.82 Å². The first-order valence-corrected chi connectivity index (χ1v) is 7.44. The Morgan fingerprint density at radius 1 is 1.65 bits per heavy atom. The average molecular weight is 296 g/mol. The van der Waals surface area contributed by atoms with Crippen molar-refractivity contribution in [2.45, 2.75) is 38.2 Å². The number of carbonyl (C=O) groups is 1. The molecule has 1 amide bonds. The van der Waals surface area contributed by atoms with Gasteiger partial charge in [0.15, 0.2) is 5.71 Å². The Kier molecular flexibility index (Phi) is 5.16. The lowest BCUT2D eigenvalue weighted by Gasteiger charge is -2.30. The Labute approximate surface area is 121 Å². The third kappa shape index (κ3) is 3.39. The fraction of sp³-hybridized carbons (Fsp3) is 0.500. The predicted molar refractivity (Wildman–Crippen MR) is 76.9 cm³/mol. The van der Waals surface area contributed by atoms with Gasteiger partial charge in [-0.3, -0.25) is 4.79 Å². The van der Waals surface area contributed by atoms with Crippen molar-refractivity contribution < 1.29 is 19.7 Å². The number of carbonyl (C=O) groups excluding carboxylic acids is 1. The van der Waals surface area contributed by atoms with E-state index < -0.39 is 19.0 Å². The molecule has 1 aromatic rings. The number of hydrogen-bond donors (Lipinski definition) is 3. The van der Waals surface area contributed by atoms with E-state index in [2.05, 4.69) is 10.5 Å². The van der Waals surface area contributed by atoms with Crippen molar-refractivity contribution in [3.8, 4) is 0 Å². The summed E-state index contributed by atoms with van der Waals surface area (Å²) in [4.78, 5) is 12.6. The van der Waals surface area contributed by atoms with Crippen LogP contribution in [-0.4, -0.2) is 41.0 Å². The summed E-state index contributed by atoms with van der Waals surface area (Å²) in [7, 11) is -1.03. The zero-order valence-electron chi connectivity index (χ0n) is 11.2. The lowest BCUT2D eigenvalue weighted by Crippen LogP contribution is -2.54. The molecule has 0 aromatic carbocycles. The molecule has 2 heterocycles. The number of nitrogens with one attached hydrogen (secondary N) is 1. The predicted octanol–water partition coefficient (Wildman–Crippen LogP) is 1.02. The summed E-state index contributed by atoms with van der Waals surface area (Å²) >= 11 is 1.31. The van der Waals surface area contributed by atoms with Crippen LogP contribution in [0.25, 0.3) is 0 Å². The van der Waals surface area contributed by atoms with Gasteiger partial charge in [0.1, 0.15) is 0 Å². The molecule has 1 saturated heterocycles. The maximum atomic E-state index is 12.1. The Morgan fingerprint density at radius 2 is 2.45 bits per heavy atom. The van der Waals surface area contributed by atoms with Gasteiger partial charge in [0.05, 0.1) is 10.8 Å². The van der Waals surface area contributed by atoms with Crippen LogP contribution in [0.1, 0.15) is 31.1 Å². The number of thiophene rings is 1. The number of amides is 1. The van der Waals surface area contributed by atoms with Crippen molar-refractivity contribution in [3.63, 3.8) is 0 Å². The van der Waals surface area contributed by atoms with E-state index >= 15 is 0 Å². The van der Waals surface area contributed by atoms with Crippen molar-refractivity contribution in [3.05, 3.63) is 22.4 Å². The molecule has 1 fully saturated rings. The molecule has 2 unspecified atom stereocenters. The molecule has 0 spiro atoms. The standard InChI is InChI=1S/C12H17BN2O4S/c1-2-8-5-6-10(13(17)19-8)14-12(16)11(15-18)9-4-3-7-20-9/h3-4,7-8,10,17-18H,2,5-6H2,1H3,(H,14,16)/b15-11-. The van der Waals surface area contributed by atoms with Crippen LogP contribution in [0.2, 0.25) is 0 Å². The lowest BCUT2D eigenvalue weighted by atomic mass is 9.72. The van der Waals surface area contributed by atoms with Gasteiger partial charge in [-0.15, -0.1) is 11.3 Å². The molecule has 20 heavy (non-hydrogen) atoms. The minimum atomic E-state index is -1.03. The second kappa shape index (κ2) is 6.87. The first-order valence-electron chi connectivity index (χ1n) is 6.56. The quantitative estimate of drug-likeness (QED) is 0.335. The zero-order chi connectivity index (χ0) is 14.5. The van der Waals surface area contributed by atoms with Crippen LogP contribution in [0.5, 0.6) is 0 Å². The first kappa shape index (κ1) is 15.0. The second-order valence-corrected chi connectivity index (χ2v) is 5.59. The van der Waals surface area contributed by atoms with Gasteiger partial charge in [0, 0.05) is 6.10 Å². The van der Waals surface area contributed by atoms with Gasteiger partial charge in [-0.25, -0.2) is 0 Å². The molecule has 2 atom stereocenters. The van der Waals surface area contributed by atoms with Crippen LogP contribution in [-0.2, 0) is 9.45 Å². The molecule has 6 nitrogen and oxygen atoms in total. The summed E-state index contributed by atoms with van der Waals surface area (Å²) in [6.45, 7) is 1.99. The first-order chi connectivity index (χ1) is 9.65. The largest absolute Gasteiger partial charge is 0.478 e. The topological polar surface area (TPSA) is 91.2 Å². The van der Waals surface area contributed by atoms with Crippen LogP contribution in [0, 0.1) is 0 Å². The molecular formula is C12H17BN2O4S. The van der Waals surface area contributed by atoms with Gasteiger partial charge in [-0.2, -0.15) is 0 Å². The third-order valence-electron chi connectivity index (χ3n) is 3.32. The SMILES string of the molecule is CCC1CCC(NC(=O)/C(=N\O)c2cccs2)B(O)O1. The van der Waals surface area contributed by atoms with Crippen LogP contribution < -0.4 is 5.32 Å². The number of oxime groups is 1. The van der Waals surface area contributed by atoms with Gasteiger partial charge < -0.3 is 20.2 Å². The lowest BCUT2D eigenvalue weighted by molar-refractivity contribution is -0.115. The highest BCUT2D eigenvalue weighted by Crippen LogP contribution is 2.18. The number of nitrogens with zero attached hydrogens (tertiary/aromatic N) is 1. The van der Waals surface area contributed by atoms with E-state index in [-0.39, 0.29) is 11.8 Å². The van der Waals surface area contributed by atoms with Gasteiger partial charge in [0.25, 0.3) is 5.91 Å². The maximum Gasteiger partial charge on any atom is 0.478 e. The molecular weight excluding hydrogens is 279 g/mol. The highest BCUT2D eigenvalue weighted by Gasteiger charge is 2.36. The van der Waals surface area contributed by atoms with Gasteiger partial charge in [-0.05, 0) is 30.7 Å². The fourth-order valence-electron chi connectivity index (χ4n) is 2.17. The van der Waals surface area contributed by atoms with Crippen LogP contribution >= 0.6 is 11.3 Å². The molecule has 2 rings (SSSR count). The van der Waals surface area contributed by atoms with Crippen molar-refractivity contribution >= 4 is 30.1 Å². The molecule has 108 valence electrons. The van der Waals surface area contributed by atoms with Gasteiger partial charge in [-0.1, -0.05) is 18.1 Å². The zero-order valence-corrected chi connectivity index (χ0v) is 12.0. The van der Waals surface area contributed by atoms with E-state index in [4.69, 9.17) is 9.86 Å². The molecule has 0 saturated carbocycles. The number of rotatable bonds is 4. The van der Waals surface area contributed by atoms with Crippen molar-refractivity contribution in [1.29, 1.82) is 0 Å². The summed E-state index contributed by atoms with van der Waals surface area (Å²) in [5, 5.41) is 26.3. The molecule has 0 bridgehead atoms. The van der Waals surface area contributed by atoms with Crippen molar-refractivity contribution in [2.75, 3.05) is 0 Å². The molecule has 3 N–H and O–H groups in total. The minimum Gasteiger partial charge on any atom is -0.426 e. The summed E-state index contributed by atoms with van der Waals surface area (Å²) in [6, 6.07) is 3.46. The van der Waals surface area contributed by atoms with E-state index in [0.29, 0.717) is 11.3 Å². The molecule has 0 aliphatic carbocycles. The summed E-state index contributed by atoms with van der Waals surface area (Å²) in [5.74, 6) is -1.00. The Balaban J connectivity index is 1.98. The molecule has 1 aromatic heterocycles. The summed E-state index contributed by atoms with van der Waals surface area (Å²) in [5.41, 5.74) is -0.0511. The highest BCUT2D eigenvalue weighted by molar-refractivity contribution is 7.13. The normalized spacial score (nSPS) is 23.7. The van der Waals surface area contributed by atoms with E-state index in [1.165, 1.54) is 11.3 Å². The maximum absolute atomic E-state index is 12.1. The van der Waals surface area contributed by atoms with Crippen LogP contribution in [0.15, 0.2) is 22.7 Å². The second-order valence-electron chi connectivity index (χ2n) is 4.64. The smallest absolute Gasteiger partial charge is 0.426 e. The summed E-state index contributed by atoms with van der Waals surface area (Å²) < 4.78 is 5.39. The Hall–Kier alpha value is -1.38. The highest BCUT2D eigenvalue weighted by atomic mass is 32.1. The van der Waals surface area contributed by atoms with E-state index in [1.807, 2.05) is 6.92 Å². The average Bonchev–Trinajstić information content (AvgIpc) is 2.96. The molecule has 0 radical (unpaired) electrons. The fourth-order valence-corrected chi connectivity index (χ4v) is 2.87. The van der Waals surface area contributed by atoms with Gasteiger partial charge in [0.2, 0.25) is 0 Å². The third-order valence-corrected chi connectivity index (χ3v) is 4.19. The van der Waals surface area contributed by atoms with Gasteiger partial charge >= 0.3 is 7.12 Å². The monoisotopic (exact) mass is 296 g/mol. The molecule has 1 aliphatic heterocycles. The number of hydrogen-bond acceptors (Lipinski definition) is 6. The van der Waals surface area contributed by atoms with Crippen LogP contribution in [0.4, 0.5) is 0 Å². The minimum absolute atomic E-state index is 0.0291. The van der Waals surface area contributed by atoms with Crippen molar-refractivity contribution in [2.24, 2.45) is 5.16 Å². The molecule has 1 aliphatic rings. The molecule has 8 heteroatoms. The van der Waals surface area contributed by atoms with E-state index in [1.54, 1.807) is 17.5 Å². The van der Waals surface area contributed by atoms with E-state index in [0.717, 1.165) is 12.8 Å². The Morgan fingerprint density at radius 3 is 3.00 bits per heavy atom. The summed E-state index contributed by atoms with van der Waals surface area (Å²) in [6.07, 6.45) is 2.27. The van der Waals surface area contributed by atoms with Crippen LogP contribution in [0.3, 0.4) is 0 Å².